The van der Waals surface area contributed by atoms with Gasteiger partial charge < -0.3 is 5.32 Å². The second-order valence-electron chi connectivity index (χ2n) is 1.38. The van der Waals surface area contributed by atoms with Crippen LogP contribution in [0.5, 0.6) is 0 Å². The molecule has 3 heteroatoms. The molecule has 0 aliphatic heterocycles. The highest BCUT2D eigenvalue weighted by Gasteiger charge is 1.80. The van der Waals surface area contributed by atoms with Crippen LogP contribution in [0.25, 0.3) is 0 Å². The summed E-state index contributed by atoms with van der Waals surface area (Å²) < 4.78 is 0. The fraction of sp³-hybridized carbons (Fsp3) is 0.800. The van der Waals surface area contributed by atoms with E-state index in [2.05, 4.69) is 17.9 Å². The first-order valence-electron chi connectivity index (χ1n) is 2.60. The average Bonchev–Trinajstić information content (AvgIpc) is 1.81. The van der Waals surface area contributed by atoms with E-state index in [1.807, 2.05) is 6.07 Å². The molecule has 0 radical (unpaired) electrons. The third-order valence-corrected chi connectivity index (χ3v) is 0.926. The Hall–Kier alpha value is -0.200. The molecule has 0 bridgehead atoms. The van der Waals surface area contributed by atoms with E-state index in [0.717, 1.165) is 18.8 Å². The zero-order valence-electron chi connectivity index (χ0n) is 4.72. The summed E-state index contributed by atoms with van der Waals surface area (Å²) in [4.78, 5) is 0. The van der Waals surface area contributed by atoms with Crippen LogP contribution in [-0.4, -0.2) is 18.8 Å². The number of hydrogen-bond acceptors (Lipinski definition) is 3. The summed E-state index contributed by atoms with van der Waals surface area (Å²) in [5, 5.41) is 11.1. The Labute approximate surface area is 55.3 Å². The van der Waals surface area contributed by atoms with Gasteiger partial charge in [-0.05, 0) is 0 Å². The van der Waals surface area contributed by atoms with Crippen LogP contribution in [0.2, 0.25) is 0 Å². The molecule has 0 fully saturated rings. The van der Waals surface area contributed by atoms with Crippen LogP contribution in [0.1, 0.15) is 6.42 Å². The molecule has 0 saturated carbocycles. The summed E-state index contributed by atoms with van der Waals surface area (Å²) >= 11 is 3.98. The highest BCUT2D eigenvalue weighted by Crippen LogP contribution is 1.71. The van der Waals surface area contributed by atoms with E-state index in [9.17, 15) is 0 Å². The van der Waals surface area contributed by atoms with Gasteiger partial charge in [-0.25, -0.2) is 0 Å². The minimum Gasteiger partial charge on any atom is -0.315 e. The van der Waals surface area contributed by atoms with Crippen molar-refractivity contribution in [2.24, 2.45) is 0 Å². The Bertz CT molecular complexity index is 77.0. The summed E-state index contributed by atoms with van der Waals surface area (Å²) in [6.45, 7) is 1.68. The predicted molar refractivity (Wildman–Crippen MR) is 37.0 cm³/mol. The van der Waals surface area contributed by atoms with Crippen LogP contribution >= 0.6 is 12.6 Å². The zero-order chi connectivity index (χ0) is 6.24. The van der Waals surface area contributed by atoms with E-state index < -0.39 is 0 Å². The fourth-order valence-electron chi connectivity index (χ4n) is 0.348. The molecule has 0 unspecified atom stereocenters. The highest BCUT2D eigenvalue weighted by atomic mass is 32.1. The predicted octanol–water partition coefficient (Wildman–Crippen LogP) is 0.419. The summed E-state index contributed by atoms with van der Waals surface area (Å²) in [5.74, 6) is 0.839. The van der Waals surface area contributed by atoms with Crippen molar-refractivity contribution in [2.75, 3.05) is 18.8 Å². The van der Waals surface area contributed by atoms with E-state index in [4.69, 9.17) is 5.26 Å². The third-order valence-electron chi connectivity index (χ3n) is 0.702. The molecule has 0 aliphatic carbocycles. The second-order valence-corrected chi connectivity index (χ2v) is 1.83. The number of hydrogen-bond donors (Lipinski definition) is 2. The second kappa shape index (κ2) is 6.80. The van der Waals surface area contributed by atoms with Gasteiger partial charge in [0.1, 0.15) is 0 Å². The summed E-state index contributed by atoms with van der Waals surface area (Å²) in [7, 11) is 0. The highest BCUT2D eigenvalue weighted by molar-refractivity contribution is 7.80. The molecule has 0 aromatic rings. The van der Waals surface area contributed by atoms with Crippen LogP contribution in [0.3, 0.4) is 0 Å². The van der Waals surface area contributed by atoms with Crippen LogP contribution in [-0.2, 0) is 0 Å². The lowest BCUT2D eigenvalue weighted by Gasteiger charge is -1.94. The maximum absolute atomic E-state index is 8.06. The number of thiol groups is 1. The Morgan fingerprint density at radius 2 is 2.25 bits per heavy atom. The molecule has 2 nitrogen and oxygen atoms in total. The first-order valence-corrected chi connectivity index (χ1v) is 3.23. The quantitative estimate of drug-likeness (QED) is 0.427. The standard InChI is InChI=1S/C5H10N2S/c6-2-1-3-7-4-5-8/h7-8H,1,3-5H2. The van der Waals surface area contributed by atoms with Crippen LogP contribution < -0.4 is 5.32 Å². The molecular formula is C5H10N2S. The molecule has 0 aromatic carbocycles. The zero-order valence-corrected chi connectivity index (χ0v) is 5.62. The number of nitrogens with one attached hydrogen (secondary N) is 1. The number of nitrogens with zero attached hydrogens (tertiary/aromatic N) is 1. The third kappa shape index (κ3) is 5.80. The first kappa shape index (κ1) is 7.80. The van der Waals surface area contributed by atoms with Gasteiger partial charge in [0.15, 0.2) is 0 Å². The number of nitriles is 1. The van der Waals surface area contributed by atoms with E-state index in [1.54, 1.807) is 0 Å². The van der Waals surface area contributed by atoms with Crippen molar-refractivity contribution in [1.29, 1.82) is 5.26 Å². The lowest BCUT2D eigenvalue weighted by atomic mass is 10.5. The van der Waals surface area contributed by atoms with Crippen LogP contribution in [0.4, 0.5) is 0 Å². The smallest absolute Gasteiger partial charge is 0.0635 e. The van der Waals surface area contributed by atoms with Gasteiger partial charge in [-0.15, -0.1) is 0 Å². The van der Waals surface area contributed by atoms with Crippen molar-refractivity contribution in [2.45, 2.75) is 6.42 Å². The molecule has 0 aliphatic rings. The van der Waals surface area contributed by atoms with Gasteiger partial charge in [-0.1, -0.05) is 0 Å². The lowest BCUT2D eigenvalue weighted by Crippen LogP contribution is -2.16. The van der Waals surface area contributed by atoms with Gasteiger partial charge in [0, 0.05) is 25.3 Å². The van der Waals surface area contributed by atoms with Gasteiger partial charge >= 0.3 is 0 Å². The van der Waals surface area contributed by atoms with E-state index in [-0.39, 0.29) is 0 Å². The van der Waals surface area contributed by atoms with Crippen molar-refractivity contribution in [3.05, 3.63) is 0 Å². The molecular weight excluding hydrogens is 120 g/mol. The van der Waals surface area contributed by atoms with Crippen molar-refractivity contribution in [1.82, 2.24) is 5.32 Å². The van der Waals surface area contributed by atoms with E-state index in [1.165, 1.54) is 0 Å². The molecule has 0 saturated heterocycles. The van der Waals surface area contributed by atoms with Crippen molar-refractivity contribution < 1.29 is 0 Å². The van der Waals surface area contributed by atoms with Crippen molar-refractivity contribution in [3.63, 3.8) is 0 Å². The maximum atomic E-state index is 8.06. The van der Waals surface area contributed by atoms with E-state index >= 15 is 0 Å². The van der Waals surface area contributed by atoms with Gasteiger partial charge in [0.2, 0.25) is 0 Å². The van der Waals surface area contributed by atoms with Gasteiger partial charge in [-0.3, -0.25) is 0 Å². The molecule has 0 rings (SSSR count). The normalized spacial score (nSPS) is 8.50. The Morgan fingerprint density at radius 1 is 1.50 bits per heavy atom. The monoisotopic (exact) mass is 130 g/mol. The molecule has 0 atom stereocenters. The van der Waals surface area contributed by atoms with Crippen LogP contribution in [0.15, 0.2) is 0 Å². The fourth-order valence-corrected chi connectivity index (χ4v) is 0.506. The van der Waals surface area contributed by atoms with Gasteiger partial charge in [0.25, 0.3) is 0 Å². The minimum absolute atomic E-state index is 0.591. The topological polar surface area (TPSA) is 35.8 Å². The summed E-state index contributed by atoms with van der Waals surface area (Å²) in [5.41, 5.74) is 0. The first-order chi connectivity index (χ1) is 3.91. The molecule has 8 heavy (non-hydrogen) atoms. The molecule has 0 spiro atoms. The molecule has 0 aromatic heterocycles. The van der Waals surface area contributed by atoms with E-state index in [0.29, 0.717) is 6.42 Å². The SMILES string of the molecule is N#CCCNCCS. The Kier molecular flexibility index (Phi) is 6.63. The Balaban J connectivity index is 2.65. The minimum atomic E-state index is 0.591. The van der Waals surface area contributed by atoms with Crippen molar-refractivity contribution in [3.8, 4) is 6.07 Å². The molecule has 0 heterocycles. The Morgan fingerprint density at radius 3 is 2.75 bits per heavy atom. The molecule has 46 valence electrons. The van der Waals surface area contributed by atoms with Crippen molar-refractivity contribution >= 4 is 12.6 Å². The van der Waals surface area contributed by atoms with Gasteiger partial charge in [0.05, 0.1) is 6.07 Å². The largest absolute Gasteiger partial charge is 0.315 e. The summed E-state index contributed by atoms with van der Waals surface area (Å²) in [6, 6.07) is 2.04. The average molecular weight is 130 g/mol. The maximum Gasteiger partial charge on any atom is 0.0635 e. The van der Waals surface area contributed by atoms with Gasteiger partial charge in [-0.2, -0.15) is 17.9 Å². The molecule has 1 N–H and O–H groups in total. The lowest BCUT2D eigenvalue weighted by molar-refractivity contribution is 0.736. The number of rotatable bonds is 4. The summed E-state index contributed by atoms with van der Waals surface area (Å²) in [6.07, 6.45) is 0.591. The molecule has 0 amide bonds. The van der Waals surface area contributed by atoms with Crippen LogP contribution in [0, 0.1) is 11.3 Å².